The van der Waals surface area contributed by atoms with E-state index < -0.39 is 15.8 Å². The van der Waals surface area contributed by atoms with Crippen LogP contribution in [0.5, 0.6) is 5.75 Å². The zero-order chi connectivity index (χ0) is 21.8. The Kier molecular flexibility index (Phi) is 6.18. The van der Waals surface area contributed by atoms with Gasteiger partial charge in [0.2, 0.25) is 11.7 Å². The minimum Gasteiger partial charge on any atom is -0.423 e. The fourth-order valence-corrected chi connectivity index (χ4v) is 4.85. The van der Waals surface area contributed by atoms with Crippen LogP contribution in [-0.4, -0.2) is 30.3 Å². The van der Waals surface area contributed by atoms with Crippen LogP contribution in [0, 0.1) is 5.92 Å². The number of esters is 1. The number of sulfone groups is 1. The van der Waals surface area contributed by atoms with E-state index in [-0.39, 0.29) is 22.1 Å². The molecule has 0 N–H and O–H groups in total. The Labute approximate surface area is 181 Å². The van der Waals surface area contributed by atoms with Crippen molar-refractivity contribution >= 4 is 15.8 Å². The summed E-state index contributed by atoms with van der Waals surface area (Å²) in [6, 6.07) is 12.8. The zero-order valence-corrected chi connectivity index (χ0v) is 18.1. The summed E-state index contributed by atoms with van der Waals surface area (Å²) in [7, 11) is -3.31. The molecule has 1 saturated carbocycles. The van der Waals surface area contributed by atoms with E-state index in [9.17, 15) is 13.2 Å². The summed E-state index contributed by atoms with van der Waals surface area (Å²) in [6.45, 7) is 2.09. The van der Waals surface area contributed by atoms with Crippen LogP contribution in [-0.2, 0) is 16.3 Å². The first-order chi connectivity index (χ1) is 14.9. The highest BCUT2D eigenvalue weighted by Gasteiger charge is 2.29. The number of carbonyl (C=O) groups is 1. The van der Waals surface area contributed by atoms with Gasteiger partial charge in [0.15, 0.2) is 9.84 Å². The van der Waals surface area contributed by atoms with Gasteiger partial charge in [-0.05, 0) is 61.6 Å². The molecule has 0 saturated heterocycles. The van der Waals surface area contributed by atoms with Crippen LogP contribution < -0.4 is 4.74 Å². The predicted octanol–water partition coefficient (Wildman–Crippen LogP) is 4.48. The van der Waals surface area contributed by atoms with Gasteiger partial charge in [0.1, 0.15) is 5.75 Å². The number of nitrogens with zero attached hydrogens (tertiary/aromatic N) is 2. The van der Waals surface area contributed by atoms with Crippen molar-refractivity contribution in [2.24, 2.45) is 5.92 Å². The average molecular weight is 441 g/mol. The lowest BCUT2D eigenvalue weighted by atomic mass is 10.2. The molecule has 4 rings (SSSR count). The molecule has 0 spiro atoms. The van der Waals surface area contributed by atoms with E-state index >= 15 is 0 Å². The van der Waals surface area contributed by atoms with Crippen LogP contribution in [0.1, 0.15) is 48.9 Å². The lowest BCUT2D eigenvalue weighted by Crippen LogP contribution is -2.11. The summed E-state index contributed by atoms with van der Waals surface area (Å²) < 4.78 is 35.4. The molecule has 1 heterocycles. The third kappa shape index (κ3) is 5.38. The third-order valence-corrected chi connectivity index (χ3v) is 7.02. The normalized spacial score (nSPS) is 13.8. The minimum atomic E-state index is -3.31. The molecule has 0 radical (unpaired) electrons. The van der Waals surface area contributed by atoms with Crippen LogP contribution in [0.25, 0.3) is 11.4 Å². The fraction of sp³-hybridized carbons (Fsp3) is 0.348. The first-order valence-corrected chi connectivity index (χ1v) is 12.1. The maximum absolute atomic E-state index is 12.5. The maximum Gasteiger partial charge on any atom is 0.343 e. The highest BCUT2D eigenvalue weighted by atomic mass is 32.2. The monoisotopic (exact) mass is 440 g/mol. The Morgan fingerprint density at radius 2 is 1.94 bits per heavy atom. The predicted molar refractivity (Wildman–Crippen MR) is 115 cm³/mol. The molecule has 1 aromatic heterocycles. The molecule has 0 amide bonds. The largest absolute Gasteiger partial charge is 0.423 e. The summed E-state index contributed by atoms with van der Waals surface area (Å²) in [6.07, 6.45) is 4.67. The van der Waals surface area contributed by atoms with Crippen molar-refractivity contribution in [1.82, 2.24) is 10.1 Å². The summed E-state index contributed by atoms with van der Waals surface area (Å²) in [5.41, 5.74) is 0.954. The molecule has 1 aliphatic rings. The number of rotatable bonds is 9. The van der Waals surface area contributed by atoms with E-state index in [1.165, 1.54) is 24.3 Å². The van der Waals surface area contributed by atoms with Crippen LogP contribution in [0.4, 0.5) is 0 Å². The van der Waals surface area contributed by atoms with Gasteiger partial charge in [-0.3, -0.25) is 0 Å². The second-order valence-electron chi connectivity index (χ2n) is 7.78. The molecule has 3 aromatic rings. The fourth-order valence-electron chi connectivity index (χ4n) is 3.16. The van der Waals surface area contributed by atoms with Crippen LogP contribution in [0.2, 0.25) is 0 Å². The molecule has 0 bridgehead atoms. The van der Waals surface area contributed by atoms with Crippen molar-refractivity contribution < 1.29 is 22.5 Å². The Balaban J connectivity index is 1.43. The maximum atomic E-state index is 12.5. The second-order valence-corrected chi connectivity index (χ2v) is 9.82. The molecular weight excluding hydrogens is 416 g/mol. The molecule has 0 atom stereocenters. The summed E-state index contributed by atoms with van der Waals surface area (Å²) >= 11 is 0. The molecule has 1 fully saturated rings. The SMILES string of the molecule is CCCCc1nc(-c2cccc(OC(=O)c3ccc(S(=O)(=O)CC4CC4)cc3)c2)no1. The standard InChI is InChI=1S/C23H24N2O5S/c1-2-3-7-21-24-22(25-30-21)18-5-4-6-19(14-18)29-23(26)17-10-12-20(13-11-17)31(27,28)15-16-8-9-16/h4-6,10-14,16H,2-3,7-9,15H2,1H3. The lowest BCUT2D eigenvalue weighted by Gasteiger charge is -2.07. The van der Waals surface area contributed by atoms with Gasteiger partial charge in [0.05, 0.1) is 16.2 Å². The molecule has 0 aliphatic heterocycles. The van der Waals surface area contributed by atoms with E-state index in [0.717, 1.165) is 32.1 Å². The van der Waals surface area contributed by atoms with Crippen molar-refractivity contribution in [3.05, 3.63) is 60.0 Å². The Hall–Kier alpha value is -3.00. The second kappa shape index (κ2) is 9.01. The molecule has 7 nitrogen and oxygen atoms in total. The van der Waals surface area contributed by atoms with Crippen LogP contribution >= 0.6 is 0 Å². The van der Waals surface area contributed by atoms with Crippen molar-refractivity contribution in [2.45, 2.75) is 43.9 Å². The average Bonchev–Trinajstić information content (AvgIpc) is 3.44. The van der Waals surface area contributed by atoms with Gasteiger partial charge in [-0.25, -0.2) is 13.2 Å². The zero-order valence-electron chi connectivity index (χ0n) is 17.3. The Morgan fingerprint density at radius 3 is 2.65 bits per heavy atom. The molecular formula is C23H24N2O5S. The van der Waals surface area contributed by atoms with Crippen molar-refractivity contribution in [3.63, 3.8) is 0 Å². The summed E-state index contributed by atoms with van der Waals surface area (Å²) in [5.74, 6) is 1.22. The van der Waals surface area contributed by atoms with Gasteiger partial charge in [-0.1, -0.05) is 30.6 Å². The van der Waals surface area contributed by atoms with Crippen molar-refractivity contribution in [1.29, 1.82) is 0 Å². The summed E-state index contributed by atoms with van der Waals surface area (Å²) in [5, 5.41) is 3.99. The molecule has 162 valence electrons. The number of hydrogen-bond donors (Lipinski definition) is 0. The van der Waals surface area contributed by atoms with E-state index in [1.54, 1.807) is 18.2 Å². The number of aryl methyl sites for hydroxylation is 1. The highest BCUT2D eigenvalue weighted by Crippen LogP contribution is 2.32. The van der Waals surface area contributed by atoms with Gasteiger partial charge in [-0.15, -0.1) is 0 Å². The van der Waals surface area contributed by atoms with Gasteiger partial charge >= 0.3 is 5.97 Å². The van der Waals surface area contributed by atoms with Crippen LogP contribution in [0.15, 0.2) is 57.9 Å². The first-order valence-electron chi connectivity index (χ1n) is 10.4. The molecule has 31 heavy (non-hydrogen) atoms. The third-order valence-electron chi connectivity index (χ3n) is 5.12. The quantitative estimate of drug-likeness (QED) is 0.357. The van der Waals surface area contributed by atoms with Crippen molar-refractivity contribution in [3.8, 4) is 17.1 Å². The number of hydrogen-bond acceptors (Lipinski definition) is 7. The molecule has 8 heteroatoms. The van der Waals surface area contributed by atoms with Crippen LogP contribution in [0.3, 0.4) is 0 Å². The lowest BCUT2D eigenvalue weighted by molar-refractivity contribution is 0.0734. The molecule has 1 aliphatic carbocycles. The first kappa shape index (κ1) is 21.2. The number of aromatic nitrogens is 2. The van der Waals surface area contributed by atoms with E-state index in [1.807, 2.05) is 6.07 Å². The number of ether oxygens (including phenoxy) is 1. The Bertz CT molecular complexity index is 1160. The Morgan fingerprint density at radius 1 is 1.16 bits per heavy atom. The minimum absolute atomic E-state index is 0.166. The van der Waals surface area contributed by atoms with Gasteiger partial charge in [-0.2, -0.15) is 4.98 Å². The topological polar surface area (TPSA) is 99.4 Å². The van der Waals surface area contributed by atoms with E-state index in [4.69, 9.17) is 9.26 Å². The van der Waals surface area contributed by atoms with Crippen molar-refractivity contribution in [2.75, 3.05) is 5.75 Å². The van der Waals surface area contributed by atoms with Gasteiger partial charge in [0, 0.05) is 12.0 Å². The van der Waals surface area contributed by atoms with E-state index in [0.29, 0.717) is 23.0 Å². The smallest absolute Gasteiger partial charge is 0.343 e. The number of benzene rings is 2. The van der Waals surface area contributed by atoms with E-state index in [2.05, 4.69) is 17.1 Å². The molecule has 2 aromatic carbocycles. The number of carbonyl (C=O) groups excluding carboxylic acids is 1. The van der Waals surface area contributed by atoms with Gasteiger partial charge in [0.25, 0.3) is 0 Å². The number of unbranched alkanes of at least 4 members (excludes halogenated alkanes) is 1. The summed E-state index contributed by atoms with van der Waals surface area (Å²) in [4.78, 5) is 17.1. The molecule has 0 unspecified atom stereocenters. The highest BCUT2D eigenvalue weighted by molar-refractivity contribution is 7.91. The van der Waals surface area contributed by atoms with Gasteiger partial charge < -0.3 is 9.26 Å².